The minimum Gasteiger partial charge on any atom is -0.488 e. The summed E-state index contributed by atoms with van der Waals surface area (Å²) in [6.45, 7) is 7.30. The van der Waals surface area contributed by atoms with Gasteiger partial charge in [-0.05, 0) is 63.7 Å². The summed E-state index contributed by atoms with van der Waals surface area (Å²) in [7, 11) is -2.26. The zero-order valence-corrected chi connectivity index (χ0v) is 25.3. The largest absolute Gasteiger partial charge is 0.488 e. The lowest BCUT2D eigenvalue weighted by Crippen LogP contribution is -2.49. The molecule has 14 heteroatoms. The van der Waals surface area contributed by atoms with Crippen LogP contribution >= 0.6 is 0 Å². The molecule has 10 nitrogen and oxygen atoms in total. The SMILES string of the molecule is Cc1noc(C)c1S(=O)(=O)Nc1ccc2c(c1)C(=O)N([C@@H](C)CO)C[C@@H](C)[C@@H](CN(C)Cc1ccc(C(F)(F)F)cc1)O2. The van der Waals surface area contributed by atoms with Crippen LogP contribution in [0.4, 0.5) is 18.9 Å². The van der Waals surface area contributed by atoms with Crippen molar-refractivity contribution in [2.24, 2.45) is 5.92 Å². The van der Waals surface area contributed by atoms with Crippen LogP contribution in [-0.4, -0.2) is 73.3 Å². The summed E-state index contributed by atoms with van der Waals surface area (Å²) in [4.78, 5) is 17.0. The number of carbonyl (C=O) groups excluding carboxylic acids is 1. The molecule has 0 saturated heterocycles. The molecule has 2 heterocycles. The molecule has 3 atom stereocenters. The first kappa shape index (κ1) is 32.3. The highest BCUT2D eigenvalue weighted by molar-refractivity contribution is 7.92. The van der Waals surface area contributed by atoms with Crippen LogP contribution in [0.15, 0.2) is 51.9 Å². The van der Waals surface area contributed by atoms with Gasteiger partial charge >= 0.3 is 6.18 Å². The van der Waals surface area contributed by atoms with Crippen LogP contribution in [-0.2, 0) is 22.7 Å². The predicted molar refractivity (Wildman–Crippen MR) is 152 cm³/mol. The maximum Gasteiger partial charge on any atom is 0.416 e. The van der Waals surface area contributed by atoms with Gasteiger partial charge in [0, 0.05) is 31.2 Å². The number of nitrogens with zero attached hydrogens (tertiary/aromatic N) is 3. The molecule has 2 aromatic carbocycles. The van der Waals surface area contributed by atoms with Gasteiger partial charge in [0.25, 0.3) is 15.9 Å². The second-order valence-electron chi connectivity index (χ2n) is 11.0. The smallest absolute Gasteiger partial charge is 0.416 e. The highest BCUT2D eigenvalue weighted by Gasteiger charge is 2.34. The Balaban J connectivity index is 1.61. The normalized spacial score (nSPS) is 18.6. The van der Waals surface area contributed by atoms with Gasteiger partial charge in [0.05, 0.1) is 23.8 Å². The van der Waals surface area contributed by atoms with Gasteiger partial charge in [-0.3, -0.25) is 14.4 Å². The van der Waals surface area contributed by atoms with Crippen molar-refractivity contribution in [3.8, 4) is 5.75 Å². The second kappa shape index (κ2) is 12.5. The van der Waals surface area contributed by atoms with Crippen LogP contribution in [0.1, 0.15) is 46.8 Å². The summed E-state index contributed by atoms with van der Waals surface area (Å²) in [5.41, 5.74) is 0.397. The van der Waals surface area contributed by atoms with Crippen molar-refractivity contribution >= 4 is 21.6 Å². The fourth-order valence-corrected chi connectivity index (χ4v) is 6.43. The highest BCUT2D eigenvalue weighted by Crippen LogP contribution is 2.33. The molecule has 0 fully saturated rings. The minimum absolute atomic E-state index is 0.0951. The van der Waals surface area contributed by atoms with E-state index in [0.717, 1.165) is 12.1 Å². The molecule has 0 spiro atoms. The van der Waals surface area contributed by atoms with Crippen LogP contribution in [0, 0.1) is 19.8 Å². The van der Waals surface area contributed by atoms with E-state index >= 15 is 0 Å². The Morgan fingerprint density at radius 1 is 1.19 bits per heavy atom. The molecule has 0 radical (unpaired) electrons. The molecule has 0 saturated carbocycles. The molecular weight excluding hydrogens is 589 g/mol. The third-order valence-corrected chi connectivity index (χ3v) is 9.00. The van der Waals surface area contributed by atoms with Crippen molar-refractivity contribution in [2.75, 3.05) is 31.5 Å². The Labute approximate surface area is 248 Å². The first-order valence-corrected chi connectivity index (χ1v) is 15.1. The van der Waals surface area contributed by atoms with E-state index < -0.39 is 39.8 Å². The van der Waals surface area contributed by atoms with Gasteiger partial charge in [0.15, 0.2) is 10.7 Å². The molecule has 0 aliphatic carbocycles. The van der Waals surface area contributed by atoms with Gasteiger partial charge in [0.1, 0.15) is 17.5 Å². The molecule has 1 aliphatic heterocycles. The van der Waals surface area contributed by atoms with Crippen molar-refractivity contribution in [2.45, 2.75) is 57.5 Å². The molecule has 4 rings (SSSR count). The number of anilines is 1. The fraction of sp³-hybridized carbons (Fsp3) is 0.448. The number of hydrogen-bond acceptors (Lipinski definition) is 8. The third-order valence-electron chi connectivity index (χ3n) is 7.38. The zero-order valence-electron chi connectivity index (χ0n) is 24.5. The average molecular weight is 625 g/mol. The number of aliphatic hydroxyl groups excluding tert-OH is 1. The molecule has 2 N–H and O–H groups in total. The van der Waals surface area contributed by atoms with Gasteiger partial charge in [0.2, 0.25) is 0 Å². The summed E-state index contributed by atoms with van der Waals surface area (Å²) in [6.07, 6.45) is -4.87. The lowest BCUT2D eigenvalue weighted by Gasteiger charge is -2.38. The molecule has 0 unspecified atom stereocenters. The van der Waals surface area contributed by atoms with Gasteiger partial charge in [-0.15, -0.1) is 0 Å². The number of sulfonamides is 1. The maximum atomic E-state index is 13.7. The summed E-state index contributed by atoms with van der Waals surface area (Å²) in [6, 6.07) is 8.82. The van der Waals surface area contributed by atoms with E-state index in [1.54, 1.807) is 6.92 Å². The molecule has 1 aliphatic rings. The van der Waals surface area contributed by atoms with Crippen molar-refractivity contribution in [3.63, 3.8) is 0 Å². The van der Waals surface area contributed by atoms with Crippen LogP contribution in [0.2, 0.25) is 0 Å². The molecule has 1 aromatic heterocycles. The van der Waals surface area contributed by atoms with Gasteiger partial charge in [-0.2, -0.15) is 13.2 Å². The number of fused-ring (bicyclic) bond motifs is 1. The Morgan fingerprint density at radius 2 is 1.86 bits per heavy atom. The number of aryl methyl sites for hydroxylation is 2. The van der Waals surface area contributed by atoms with E-state index in [4.69, 9.17) is 9.26 Å². The number of benzene rings is 2. The first-order valence-electron chi connectivity index (χ1n) is 13.6. The summed E-state index contributed by atoms with van der Waals surface area (Å²) in [5, 5.41) is 13.6. The van der Waals surface area contributed by atoms with Gasteiger partial charge in [-0.25, -0.2) is 8.42 Å². The third kappa shape index (κ3) is 7.31. The quantitative estimate of drug-likeness (QED) is 0.358. The number of ether oxygens (including phenoxy) is 1. The van der Waals surface area contributed by atoms with Gasteiger partial charge in [-0.1, -0.05) is 24.2 Å². The number of halogens is 3. The second-order valence-corrected chi connectivity index (χ2v) is 12.6. The lowest BCUT2D eigenvalue weighted by molar-refractivity contribution is -0.137. The highest BCUT2D eigenvalue weighted by atomic mass is 32.2. The minimum atomic E-state index is -4.41. The number of amides is 1. The summed E-state index contributed by atoms with van der Waals surface area (Å²) < 4.78 is 78.9. The van der Waals surface area contributed by atoms with Crippen molar-refractivity contribution in [3.05, 3.63) is 70.6 Å². The molecule has 1 amide bonds. The Bertz CT molecular complexity index is 1540. The molecule has 3 aromatic rings. The van der Waals surface area contributed by atoms with E-state index in [0.29, 0.717) is 18.7 Å². The number of carbonyl (C=O) groups is 1. The number of aliphatic hydroxyl groups is 1. The average Bonchev–Trinajstić information content (AvgIpc) is 3.28. The number of aromatic nitrogens is 1. The Hall–Kier alpha value is -3.62. The Kier molecular flexibility index (Phi) is 9.42. The first-order chi connectivity index (χ1) is 20.1. The van der Waals surface area contributed by atoms with Crippen molar-refractivity contribution in [1.29, 1.82) is 0 Å². The number of nitrogens with one attached hydrogen (secondary N) is 1. The molecule has 0 bridgehead atoms. The van der Waals surface area contributed by atoms with E-state index in [1.807, 2.05) is 18.9 Å². The van der Waals surface area contributed by atoms with Gasteiger partial charge < -0.3 is 19.3 Å². The monoisotopic (exact) mass is 624 g/mol. The lowest BCUT2D eigenvalue weighted by atomic mass is 9.99. The summed E-state index contributed by atoms with van der Waals surface area (Å²) in [5.74, 6) is -0.270. The van der Waals surface area contributed by atoms with Crippen molar-refractivity contribution in [1.82, 2.24) is 15.0 Å². The van der Waals surface area contributed by atoms with Crippen LogP contribution in [0.25, 0.3) is 0 Å². The van der Waals surface area contributed by atoms with Crippen LogP contribution in [0.5, 0.6) is 5.75 Å². The van der Waals surface area contributed by atoms with Crippen LogP contribution < -0.4 is 9.46 Å². The van der Waals surface area contributed by atoms with E-state index in [1.165, 1.54) is 49.1 Å². The van der Waals surface area contributed by atoms with Crippen molar-refractivity contribution < 1.29 is 40.8 Å². The maximum absolute atomic E-state index is 13.7. The van der Waals surface area contributed by atoms with E-state index in [2.05, 4.69) is 9.88 Å². The zero-order chi connectivity index (χ0) is 31.7. The molecule has 43 heavy (non-hydrogen) atoms. The topological polar surface area (TPSA) is 125 Å². The fourth-order valence-electron chi connectivity index (χ4n) is 5.05. The molecule has 234 valence electrons. The number of rotatable bonds is 9. The van der Waals surface area contributed by atoms with E-state index in [-0.39, 0.29) is 52.4 Å². The predicted octanol–water partition coefficient (Wildman–Crippen LogP) is 4.46. The molecular formula is C29H35F3N4O6S. The number of likely N-dealkylation sites (N-methyl/N-ethyl adjacent to an activating group) is 1. The van der Waals surface area contributed by atoms with E-state index in [9.17, 15) is 31.5 Å². The summed E-state index contributed by atoms with van der Waals surface area (Å²) >= 11 is 0. The van der Waals surface area contributed by atoms with Crippen LogP contribution in [0.3, 0.4) is 0 Å². The standard InChI is InChI=1S/C29H35F3N4O6S/c1-17-13-36(18(2)16-37)28(38)24-12-23(34-43(39,40)27-19(3)33-42-20(27)4)10-11-25(24)41-26(17)15-35(5)14-21-6-8-22(9-7-21)29(30,31)32/h6-12,17-18,26,34,37H,13-16H2,1-5H3/t17-,18+,26-/m1/s1. The number of hydrogen-bond donors (Lipinski definition) is 2. The Morgan fingerprint density at radius 3 is 2.44 bits per heavy atom. The number of alkyl halides is 3.